The van der Waals surface area contributed by atoms with Crippen LogP contribution < -0.4 is 20.7 Å². The molecule has 0 fully saturated rings. The van der Waals surface area contributed by atoms with Crippen molar-refractivity contribution in [2.75, 3.05) is 4.90 Å². The van der Waals surface area contributed by atoms with E-state index >= 15 is 0 Å². The fourth-order valence-corrected chi connectivity index (χ4v) is 5.75. The maximum absolute atomic E-state index is 11.6. The first-order valence-electron chi connectivity index (χ1n) is 15.1. The highest BCUT2D eigenvalue weighted by Crippen LogP contribution is 2.42. The molecule has 1 atom stereocenters. The molecular formula is C37H31N7O3. The number of nitrogens with zero attached hydrogens (tertiary/aromatic N) is 5. The lowest BCUT2D eigenvalue weighted by molar-refractivity contribution is -0.384. The number of para-hydroxylation sites is 1. The molecule has 1 unspecified atom stereocenters. The minimum absolute atomic E-state index is 0.0325. The number of fused-ring (bicyclic) bond motifs is 1. The normalized spacial score (nSPS) is 15.4. The number of ether oxygens (including phenoxy) is 1. The molecule has 0 bridgehead atoms. The molecule has 1 aliphatic rings. The van der Waals surface area contributed by atoms with Crippen LogP contribution in [0.4, 0.5) is 17.2 Å². The van der Waals surface area contributed by atoms with Crippen molar-refractivity contribution in [3.63, 3.8) is 0 Å². The van der Waals surface area contributed by atoms with E-state index in [1.54, 1.807) is 23.0 Å². The molecule has 232 valence electrons. The lowest BCUT2D eigenvalue weighted by Gasteiger charge is -2.44. The molecule has 0 radical (unpaired) electrons. The van der Waals surface area contributed by atoms with E-state index in [0.717, 1.165) is 22.6 Å². The summed E-state index contributed by atoms with van der Waals surface area (Å²) in [6.45, 7) is 0.479. The van der Waals surface area contributed by atoms with Gasteiger partial charge in [0.1, 0.15) is 29.2 Å². The van der Waals surface area contributed by atoms with Gasteiger partial charge >= 0.3 is 0 Å². The summed E-state index contributed by atoms with van der Waals surface area (Å²) >= 11 is 0. The molecule has 3 N–H and O–H groups in total. The summed E-state index contributed by atoms with van der Waals surface area (Å²) in [6.07, 6.45) is 2.01. The third kappa shape index (κ3) is 6.05. The third-order valence-corrected chi connectivity index (χ3v) is 7.98. The summed E-state index contributed by atoms with van der Waals surface area (Å²) < 4.78 is 7.82. The van der Waals surface area contributed by atoms with Crippen LogP contribution in [0.1, 0.15) is 16.8 Å². The smallest absolute Gasteiger partial charge is 0.271 e. The first kappa shape index (κ1) is 29.5. The summed E-state index contributed by atoms with van der Waals surface area (Å²) in [5.74, 6) is 2.40. The number of rotatable bonds is 9. The molecule has 0 aliphatic carbocycles. The lowest BCUT2D eigenvalue weighted by atomic mass is 9.93. The highest BCUT2D eigenvalue weighted by atomic mass is 16.6. The first-order valence-corrected chi connectivity index (χ1v) is 15.1. The van der Waals surface area contributed by atoms with Gasteiger partial charge in [0.05, 0.1) is 10.6 Å². The number of hydrogen-bond acceptors (Lipinski definition) is 8. The summed E-state index contributed by atoms with van der Waals surface area (Å²) in [5, 5.41) is 15.2. The summed E-state index contributed by atoms with van der Waals surface area (Å²) in [7, 11) is 0. The average molecular weight is 622 g/mol. The number of imidazole rings is 1. The number of nitrogens with two attached hydrogens (primary N) is 1. The second kappa shape index (κ2) is 12.6. The van der Waals surface area contributed by atoms with Crippen molar-refractivity contribution < 1.29 is 9.66 Å². The van der Waals surface area contributed by atoms with E-state index in [9.17, 15) is 10.1 Å². The lowest BCUT2D eigenvalue weighted by Crippen LogP contribution is -2.62. The number of nitro benzene ring substituents is 1. The fourth-order valence-electron chi connectivity index (χ4n) is 5.75. The number of nitro groups is 1. The molecule has 5 aromatic carbocycles. The highest BCUT2D eigenvalue weighted by Gasteiger charge is 2.46. The van der Waals surface area contributed by atoms with Crippen LogP contribution in [-0.2, 0) is 18.6 Å². The zero-order valence-electron chi connectivity index (χ0n) is 25.3. The highest BCUT2D eigenvalue weighted by molar-refractivity contribution is 6.01. The standard InChI is InChI=1S/C37H31N7O3/c38-37(24-27-11-4-1-5-12-27)34-35(42(26-40-34)30-15-10-16-31(23-30)44(45)46)41-36(39-25-28-13-6-2-7-14-28)43(37)29-19-21-33(22-20-29)47-32-17-8-3-9-18-32/h1-23,26H,24-25,38H2,(H,39,41). The molecule has 7 rings (SSSR count). The van der Waals surface area contributed by atoms with Crippen molar-refractivity contribution in [3.8, 4) is 17.2 Å². The van der Waals surface area contributed by atoms with Gasteiger partial charge in [-0.05, 0) is 53.6 Å². The quantitative estimate of drug-likeness (QED) is 0.129. The van der Waals surface area contributed by atoms with Crippen molar-refractivity contribution >= 4 is 23.2 Å². The van der Waals surface area contributed by atoms with E-state index in [1.165, 1.54) is 12.1 Å². The van der Waals surface area contributed by atoms with Crippen molar-refractivity contribution in [2.24, 2.45) is 10.7 Å². The fraction of sp³-hybridized carbons (Fsp3) is 0.0811. The Morgan fingerprint density at radius 2 is 1.40 bits per heavy atom. The number of aliphatic imine (C=N–C) groups is 1. The van der Waals surface area contributed by atoms with Crippen molar-refractivity contribution in [3.05, 3.63) is 173 Å². The van der Waals surface area contributed by atoms with Gasteiger partial charge in [-0.3, -0.25) is 19.6 Å². The Balaban J connectivity index is 1.36. The molecule has 6 aromatic rings. The molecule has 0 spiro atoms. The molecule has 10 nitrogen and oxygen atoms in total. The molecule has 2 heterocycles. The SMILES string of the molecule is NC1(Cc2ccccc2)c2ncn(-c3cccc([N+](=O)[O-])c3)c2N=C(NCc2ccccc2)N1c1ccc(Oc2ccccc2)cc1. The molecule has 47 heavy (non-hydrogen) atoms. The largest absolute Gasteiger partial charge is 0.457 e. The number of guanidine groups is 1. The van der Waals surface area contributed by atoms with Gasteiger partial charge in [-0.25, -0.2) is 4.98 Å². The Labute approximate surface area is 271 Å². The predicted octanol–water partition coefficient (Wildman–Crippen LogP) is 7.22. The molecular weight excluding hydrogens is 590 g/mol. The van der Waals surface area contributed by atoms with E-state index in [4.69, 9.17) is 20.4 Å². The number of nitrogens with one attached hydrogen (secondary N) is 1. The average Bonchev–Trinajstić information content (AvgIpc) is 3.54. The van der Waals surface area contributed by atoms with Crippen LogP contribution >= 0.6 is 0 Å². The molecule has 1 aromatic heterocycles. The van der Waals surface area contributed by atoms with Crippen LogP contribution in [0.5, 0.6) is 11.5 Å². The summed E-state index contributed by atoms with van der Waals surface area (Å²) in [4.78, 5) is 23.1. The summed E-state index contributed by atoms with van der Waals surface area (Å²) in [5.41, 5.74) is 10.2. The van der Waals surface area contributed by atoms with Gasteiger partial charge in [-0.15, -0.1) is 0 Å². The van der Waals surface area contributed by atoms with Gasteiger partial charge in [0.2, 0.25) is 5.96 Å². The Hall–Kier alpha value is -6.26. The Morgan fingerprint density at radius 3 is 2.09 bits per heavy atom. The van der Waals surface area contributed by atoms with Crippen LogP contribution in [0.3, 0.4) is 0 Å². The Kier molecular flexibility index (Phi) is 7.91. The van der Waals surface area contributed by atoms with Gasteiger partial charge < -0.3 is 15.8 Å². The molecule has 1 aliphatic heterocycles. The third-order valence-electron chi connectivity index (χ3n) is 7.98. The number of anilines is 1. The maximum Gasteiger partial charge on any atom is 0.271 e. The number of non-ortho nitro benzene ring substituents is 1. The molecule has 0 amide bonds. The second-order valence-corrected chi connectivity index (χ2v) is 11.2. The van der Waals surface area contributed by atoms with E-state index in [0.29, 0.717) is 41.9 Å². The molecule has 10 heteroatoms. The van der Waals surface area contributed by atoms with Crippen molar-refractivity contribution in [2.45, 2.75) is 18.6 Å². The van der Waals surface area contributed by atoms with E-state index < -0.39 is 10.6 Å². The van der Waals surface area contributed by atoms with E-state index in [2.05, 4.69) is 5.32 Å². The van der Waals surface area contributed by atoms with Crippen LogP contribution in [0.15, 0.2) is 151 Å². The van der Waals surface area contributed by atoms with Gasteiger partial charge in [0.25, 0.3) is 5.69 Å². The van der Waals surface area contributed by atoms with Crippen LogP contribution in [0.2, 0.25) is 0 Å². The van der Waals surface area contributed by atoms with Crippen LogP contribution in [-0.4, -0.2) is 20.4 Å². The van der Waals surface area contributed by atoms with Gasteiger partial charge in [0, 0.05) is 30.8 Å². The van der Waals surface area contributed by atoms with E-state index in [1.807, 2.05) is 120 Å². The first-order chi connectivity index (χ1) is 23.0. The van der Waals surface area contributed by atoms with Gasteiger partial charge in [0.15, 0.2) is 5.82 Å². The van der Waals surface area contributed by atoms with Gasteiger partial charge in [-0.1, -0.05) is 84.9 Å². The zero-order valence-corrected chi connectivity index (χ0v) is 25.3. The van der Waals surface area contributed by atoms with Crippen molar-refractivity contribution in [1.29, 1.82) is 0 Å². The summed E-state index contributed by atoms with van der Waals surface area (Å²) in [6, 6.07) is 43.7. The minimum atomic E-state index is -1.22. The number of aromatic nitrogens is 2. The number of benzene rings is 5. The van der Waals surface area contributed by atoms with E-state index in [-0.39, 0.29) is 5.69 Å². The maximum atomic E-state index is 11.6. The van der Waals surface area contributed by atoms with Crippen LogP contribution in [0.25, 0.3) is 5.69 Å². The predicted molar refractivity (Wildman–Crippen MR) is 182 cm³/mol. The number of hydrogen-bond donors (Lipinski definition) is 2. The molecule has 0 saturated heterocycles. The Morgan fingerprint density at radius 1 is 0.766 bits per heavy atom. The molecule has 0 saturated carbocycles. The van der Waals surface area contributed by atoms with Gasteiger partial charge in [-0.2, -0.15) is 4.99 Å². The van der Waals surface area contributed by atoms with Crippen molar-refractivity contribution in [1.82, 2.24) is 14.9 Å². The van der Waals surface area contributed by atoms with Crippen LogP contribution in [0, 0.1) is 10.1 Å². The second-order valence-electron chi connectivity index (χ2n) is 11.2. The topological polar surface area (TPSA) is 124 Å². The zero-order chi connectivity index (χ0) is 32.2. The minimum Gasteiger partial charge on any atom is -0.457 e. The Bertz CT molecular complexity index is 2030. The monoisotopic (exact) mass is 621 g/mol.